The Morgan fingerprint density at radius 2 is 1.03 bits per heavy atom. The average molecular weight is 1050 g/mol. The molecule has 2 aromatic heterocycles. The van der Waals surface area contributed by atoms with E-state index in [2.05, 4.69) is 60.3 Å². The zero-order valence-corrected chi connectivity index (χ0v) is 42.1. The predicted octanol–water partition coefficient (Wildman–Crippen LogP) is -3.00. The molecule has 0 fully saturated rings. The third kappa shape index (κ3) is 12.5. The smallest absolute Gasteiger partial charge is 0.870 e. The molecule has 36 heteroatoms. The summed E-state index contributed by atoms with van der Waals surface area (Å²) in [5.41, 5.74) is 0.355. The molecular weight excluding hydrogens is 1030 g/mol. The van der Waals surface area contributed by atoms with E-state index in [9.17, 15) is 57.0 Å². The van der Waals surface area contributed by atoms with Gasteiger partial charge in [-0.25, -0.2) is 18.4 Å². The maximum absolute atomic E-state index is 14.1. The van der Waals surface area contributed by atoms with Crippen molar-refractivity contribution in [2.75, 3.05) is 20.0 Å². The van der Waals surface area contributed by atoms with Gasteiger partial charge in [-0.05, 0) is 77.1 Å². The molecule has 0 aliphatic carbocycles. The van der Waals surface area contributed by atoms with Gasteiger partial charge in [0.1, 0.15) is 41.9 Å². The standard InChI is InChI=1S/C30H23Cl2N13O15S4.2Na/c1-59-29-38-25(31)36-27(40-29)34-12-3-5-16(61(47,48)49)14(9-12)42-44-22-18(63(53,54)55)7-11-8-19(64(56,57)58)23(24(46)20(11)21(22)33)45-43-15-10-13(4-6-17(15)62(50,51)52)35-28-37-26(32)39-30(41-28)60-2;;/h3-10,46H,33H2,1-2H3,(H,47,48,49)(H,50,51,52)(H,53,54,55)(H,56,57,58)(H,34,36,38,40)(H,35,37,39,41);;/q;2*+1/p-2. The molecule has 0 saturated carbocycles. The Balaban J connectivity index is 0.00000476. The van der Waals surface area contributed by atoms with Crippen LogP contribution < -0.4 is 90.7 Å². The maximum Gasteiger partial charge on any atom is 1.00 e. The van der Waals surface area contributed by atoms with Crippen molar-refractivity contribution in [3.8, 4) is 17.8 Å². The molecule has 28 nitrogen and oxygen atoms in total. The minimum absolute atomic E-state index is 0. The summed E-state index contributed by atoms with van der Waals surface area (Å²) in [5.74, 6) is -1.56. The fourth-order valence-electron chi connectivity index (χ4n) is 5.27. The van der Waals surface area contributed by atoms with E-state index in [1.807, 2.05) is 0 Å². The summed E-state index contributed by atoms with van der Waals surface area (Å²) in [5, 5.41) is 26.4. The quantitative estimate of drug-likeness (QED) is 0.0308. The van der Waals surface area contributed by atoms with Crippen LogP contribution in [-0.2, 0) is 40.5 Å². The summed E-state index contributed by atoms with van der Waals surface area (Å²) in [6.45, 7) is 0. The number of benzene rings is 4. The monoisotopic (exact) mass is 1050 g/mol. The van der Waals surface area contributed by atoms with Crippen molar-refractivity contribution in [2.24, 2.45) is 30.4 Å². The summed E-state index contributed by atoms with van der Waals surface area (Å²) in [4.78, 5) is 23.7. The number of hydrogen-bond donors (Lipinski definition) is 6. The minimum atomic E-state index is -5.52. The fourth-order valence-corrected chi connectivity index (χ4v) is 8.10. The summed E-state index contributed by atoms with van der Waals surface area (Å²) in [6.07, 6.45) is 0. The molecule has 0 saturated heterocycles. The van der Waals surface area contributed by atoms with E-state index in [1.165, 1.54) is 14.2 Å². The first kappa shape index (κ1) is 54.0. The Morgan fingerprint density at radius 1 is 0.621 bits per heavy atom. The number of aromatic nitrogens is 6. The maximum atomic E-state index is 14.1. The molecule has 0 aliphatic heterocycles. The van der Waals surface area contributed by atoms with E-state index in [-0.39, 0.29) is 104 Å². The van der Waals surface area contributed by atoms with Crippen molar-refractivity contribution in [1.82, 2.24) is 29.9 Å². The Bertz CT molecular complexity index is 3390. The number of aromatic amines is 2. The second-order valence-corrected chi connectivity index (χ2v) is 18.2. The average Bonchev–Trinajstić information content (AvgIpc) is 3.17. The summed E-state index contributed by atoms with van der Waals surface area (Å²) in [7, 11) is -19.0. The van der Waals surface area contributed by atoms with Crippen molar-refractivity contribution in [3.05, 3.63) is 70.3 Å². The van der Waals surface area contributed by atoms with Gasteiger partial charge in [-0.15, -0.1) is 20.5 Å². The number of nitrogens with one attached hydrogen (secondary N) is 2. The number of ether oxygens (including phenoxy) is 2. The van der Waals surface area contributed by atoms with E-state index in [1.54, 1.807) is 0 Å². The summed E-state index contributed by atoms with van der Waals surface area (Å²) < 4.78 is 152. The number of rotatable bonds is 12. The van der Waals surface area contributed by atoms with Crippen LogP contribution in [0.3, 0.4) is 0 Å². The molecule has 0 amide bonds. The first-order chi connectivity index (χ1) is 29.8. The van der Waals surface area contributed by atoms with Crippen LogP contribution >= 0.6 is 23.2 Å². The normalized spacial score (nSPS) is 13.0. The molecule has 2 heterocycles. The molecule has 4 aromatic carbocycles. The molecule has 0 spiro atoms. The molecular formula is C30H21Cl2N13Na2O15S4. The molecule has 0 unspecified atom stereocenters. The number of halogens is 2. The van der Waals surface area contributed by atoms with Gasteiger partial charge < -0.3 is 24.9 Å². The molecule has 336 valence electrons. The number of fused-ring (bicyclic) bond motifs is 1. The molecule has 7 N–H and O–H groups in total. The van der Waals surface area contributed by atoms with Crippen LogP contribution in [0.5, 0.6) is 17.8 Å². The topological polar surface area (TPSA) is 445 Å². The van der Waals surface area contributed by atoms with Crippen LogP contribution in [0.4, 0.5) is 39.8 Å². The SMILES string of the molecule is COc1nc(Cl)nc(=Nc2ccc(S(=O)(=O)[O-])c(N=Nc3c(S(=O)(=O)O)cc4cc(S(=O)(=O)O)c(N=Nc5cc(N=c6nc(Cl)nc(OC)[nH]6)ccc5S(=O)(=O)O)c([O-])c4c3N)c2)[nH]1.[Na+].[Na+]. The van der Waals surface area contributed by atoms with Crippen LogP contribution in [-0.4, -0.2) is 96.0 Å². The zero-order chi connectivity index (χ0) is 47.1. The molecule has 6 aromatic rings. The van der Waals surface area contributed by atoms with Crippen molar-refractivity contribution in [2.45, 2.75) is 19.6 Å². The second-order valence-electron chi connectivity index (χ2n) is 12.0. The van der Waals surface area contributed by atoms with E-state index in [4.69, 9.17) is 38.4 Å². The van der Waals surface area contributed by atoms with Gasteiger partial charge in [-0.3, -0.25) is 23.6 Å². The Morgan fingerprint density at radius 3 is 1.45 bits per heavy atom. The van der Waals surface area contributed by atoms with Crippen LogP contribution in [0.25, 0.3) is 10.8 Å². The minimum Gasteiger partial charge on any atom is -0.870 e. The van der Waals surface area contributed by atoms with Gasteiger partial charge in [0.15, 0.2) is 0 Å². The van der Waals surface area contributed by atoms with E-state index < -0.39 is 105 Å². The Labute approximate surface area is 423 Å². The molecule has 66 heavy (non-hydrogen) atoms. The molecule has 0 radical (unpaired) electrons. The molecule has 0 aliphatic rings. The van der Waals surface area contributed by atoms with Crippen molar-refractivity contribution in [1.29, 1.82) is 0 Å². The predicted molar refractivity (Wildman–Crippen MR) is 213 cm³/mol. The van der Waals surface area contributed by atoms with Crippen molar-refractivity contribution < 1.29 is 126 Å². The number of anilines is 1. The van der Waals surface area contributed by atoms with Gasteiger partial charge in [0.05, 0.1) is 41.9 Å². The summed E-state index contributed by atoms with van der Waals surface area (Å²) in [6, 6.07) is 5.96. The number of nitrogens with zero attached hydrogens (tertiary/aromatic N) is 10. The van der Waals surface area contributed by atoms with Crippen molar-refractivity contribution in [3.63, 3.8) is 0 Å². The molecule has 6 rings (SSSR count). The van der Waals surface area contributed by atoms with Gasteiger partial charge in [0.2, 0.25) is 21.8 Å². The van der Waals surface area contributed by atoms with E-state index >= 15 is 0 Å². The number of azo groups is 2. The van der Waals surface area contributed by atoms with Gasteiger partial charge in [0.25, 0.3) is 42.4 Å². The number of nitrogens with two attached hydrogens (primary N) is 1. The van der Waals surface area contributed by atoms with Crippen LogP contribution in [0, 0.1) is 0 Å². The molecule has 0 atom stereocenters. The fraction of sp³-hybridized carbons (Fsp3) is 0.0667. The number of methoxy groups -OCH3 is 2. The summed E-state index contributed by atoms with van der Waals surface area (Å²) >= 11 is 11.7. The Kier molecular flexibility index (Phi) is 16.9. The van der Waals surface area contributed by atoms with Gasteiger partial charge in [0, 0.05) is 5.39 Å². The van der Waals surface area contributed by atoms with Gasteiger partial charge in [-0.1, -0.05) is 5.75 Å². The van der Waals surface area contributed by atoms with Gasteiger partial charge in [-0.2, -0.15) is 45.2 Å². The second kappa shape index (κ2) is 20.7. The number of H-pyrrole nitrogens is 2. The largest absolute Gasteiger partial charge is 1.00 e. The van der Waals surface area contributed by atoms with Crippen molar-refractivity contribution >= 4 is 114 Å². The number of hydrogen-bond acceptors (Lipinski definition) is 23. The number of nitrogen functional groups attached to an aromatic ring is 1. The Hall–Kier alpha value is -4.62. The third-order valence-corrected chi connectivity index (χ3v) is 11.7. The van der Waals surface area contributed by atoms with Crippen LogP contribution in [0.15, 0.2) is 98.6 Å². The first-order valence-corrected chi connectivity index (χ1v) is 22.8. The first-order valence-electron chi connectivity index (χ1n) is 16.3. The van der Waals surface area contributed by atoms with Crippen LogP contribution in [0.1, 0.15) is 0 Å². The van der Waals surface area contributed by atoms with E-state index in [0.717, 1.165) is 36.4 Å². The van der Waals surface area contributed by atoms with Gasteiger partial charge >= 0.3 is 59.1 Å². The third-order valence-electron chi connectivity index (χ3n) is 7.88. The van der Waals surface area contributed by atoms with Crippen LogP contribution in [0.2, 0.25) is 10.6 Å². The molecule has 0 bridgehead atoms. The zero-order valence-electron chi connectivity index (χ0n) is 33.3. The van der Waals surface area contributed by atoms with E-state index in [0.29, 0.717) is 12.1 Å².